The van der Waals surface area contributed by atoms with E-state index < -0.39 is 0 Å². The van der Waals surface area contributed by atoms with E-state index in [0.717, 1.165) is 13.1 Å². The highest BCUT2D eigenvalue weighted by atomic mass is 15.3. The summed E-state index contributed by atoms with van der Waals surface area (Å²) in [5, 5.41) is 8.19. The van der Waals surface area contributed by atoms with Crippen molar-refractivity contribution in [3.8, 4) is 0 Å². The van der Waals surface area contributed by atoms with Crippen LogP contribution in [0, 0.1) is 19.8 Å². The van der Waals surface area contributed by atoms with Gasteiger partial charge in [-0.05, 0) is 59.3 Å². The lowest BCUT2D eigenvalue weighted by atomic mass is 9.88. The molecule has 1 N–H and O–H groups in total. The smallest absolute Gasteiger partial charge is 0.0644 e. The van der Waals surface area contributed by atoms with E-state index in [4.69, 9.17) is 0 Å². The molecule has 2 unspecified atom stereocenters. The van der Waals surface area contributed by atoms with Gasteiger partial charge in [0.05, 0.1) is 5.69 Å². The van der Waals surface area contributed by atoms with Crippen molar-refractivity contribution in [2.75, 3.05) is 26.7 Å². The van der Waals surface area contributed by atoms with Crippen LogP contribution >= 0.6 is 0 Å². The van der Waals surface area contributed by atoms with Gasteiger partial charge in [0.25, 0.3) is 0 Å². The molecule has 0 aromatic carbocycles. The molecule has 0 amide bonds. The zero-order valence-corrected chi connectivity index (χ0v) is 13.7. The van der Waals surface area contributed by atoms with Crippen LogP contribution in [0.25, 0.3) is 0 Å². The van der Waals surface area contributed by atoms with E-state index in [1.165, 1.54) is 42.8 Å². The van der Waals surface area contributed by atoms with Gasteiger partial charge in [-0.1, -0.05) is 13.3 Å². The highest BCUT2D eigenvalue weighted by molar-refractivity contribution is 5.29. The molecule has 4 heteroatoms. The normalized spacial score (nSPS) is 24.9. The topological polar surface area (TPSA) is 33.1 Å². The summed E-state index contributed by atoms with van der Waals surface area (Å²) in [6.45, 7) is 9.91. The van der Waals surface area contributed by atoms with Crippen LogP contribution in [-0.2, 0) is 7.05 Å². The van der Waals surface area contributed by atoms with Gasteiger partial charge in [-0.15, -0.1) is 0 Å². The van der Waals surface area contributed by atoms with Crippen LogP contribution in [0.15, 0.2) is 0 Å². The molecule has 4 nitrogen and oxygen atoms in total. The van der Waals surface area contributed by atoms with Gasteiger partial charge in [0.1, 0.15) is 0 Å². The Bertz CT molecular complexity index is 438. The second kappa shape index (κ2) is 6.72. The van der Waals surface area contributed by atoms with Gasteiger partial charge in [0.15, 0.2) is 0 Å². The zero-order valence-electron chi connectivity index (χ0n) is 13.7. The Morgan fingerprint density at radius 2 is 2.00 bits per heavy atom. The van der Waals surface area contributed by atoms with Crippen LogP contribution < -0.4 is 5.32 Å². The molecule has 20 heavy (non-hydrogen) atoms. The maximum absolute atomic E-state index is 4.64. The lowest BCUT2D eigenvalue weighted by Gasteiger charge is -2.33. The Morgan fingerprint density at radius 1 is 1.25 bits per heavy atom. The third-order valence-corrected chi connectivity index (χ3v) is 4.77. The van der Waals surface area contributed by atoms with Crippen molar-refractivity contribution in [2.24, 2.45) is 13.0 Å². The van der Waals surface area contributed by atoms with Crippen LogP contribution in [0.5, 0.6) is 0 Å². The molecule has 2 heterocycles. The Kier molecular flexibility index (Phi) is 5.22. The average Bonchev–Trinajstić information content (AvgIpc) is 2.58. The van der Waals surface area contributed by atoms with Crippen molar-refractivity contribution in [3.63, 3.8) is 0 Å². The van der Waals surface area contributed by atoms with Gasteiger partial charge in [-0.25, -0.2) is 0 Å². The average molecular weight is 278 g/mol. The molecular weight excluding hydrogens is 248 g/mol. The van der Waals surface area contributed by atoms with Crippen LogP contribution in [0.1, 0.15) is 49.2 Å². The molecule has 0 aliphatic carbocycles. The summed E-state index contributed by atoms with van der Waals surface area (Å²) in [7, 11) is 4.34. The van der Waals surface area contributed by atoms with Crippen LogP contribution in [0.2, 0.25) is 0 Å². The monoisotopic (exact) mass is 278 g/mol. The fourth-order valence-electron chi connectivity index (χ4n) is 3.64. The minimum atomic E-state index is 0.505. The Labute approximate surface area is 123 Å². The molecule has 2 rings (SSSR count). The van der Waals surface area contributed by atoms with Gasteiger partial charge in [0.2, 0.25) is 0 Å². The number of nitrogens with one attached hydrogen (secondary N) is 1. The molecule has 1 aromatic rings. The number of aryl methyl sites for hydroxylation is 2. The van der Waals surface area contributed by atoms with Gasteiger partial charge in [0, 0.05) is 24.3 Å². The largest absolute Gasteiger partial charge is 0.317 e. The van der Waals surface area contributed by atoms with Crippen molar-refractivity contribution >= 4 is 0 Å². The molecule has 1 aliphatic rings. The van der Waals surface area contributed by atoms with E-state index in [-0.39, 0.29) is 0 Å². The summed E-state index contributed by atoms with van der Waals surface area (Å²) < 4.78 is 2.04. The molecule has 114 valence electrons. The van der Waals surface area contributed by atoms with E-state index in [0.29, 0.717) is 12.0 Å². The zero-order chi connectivity index (χ0) is 14.7. The van der Waals surface area contributed by atoms with Crippen molar-refractivity contribution < 1.29 is 0 Å². The van der Waals surface area contributed by atoms with E-state index >= 15 is 0 Å². The standard InChI is InChI=1S/C16H30N4/c1-6-17-11-14-9-7-8-10-19(4)16(14)15-12(2)18-20(5)13(15)3/h14,16-17H,6-11H2,1-5H3. The van der Waals surface area contributed by atoms with Crippen molar-refractivity contribution in [3.05, 3.63) is 17.0 Å². The van der Waals surface area contributed by atoms with Gasteiger partial charge in [-0.2, -0.15) is 5.10 Å². The van der Waals surface area contributed by atoms with Crippen LogP contribution in [-0.4, -0.2) is 41.4 Å². The molecule has 0 radical (unpaired) electrons. The first-order valence-corrected chi connectivity index (χ1v) is 7.97. The van der Waals surface area contributed by atoms with E-state index in [1.807, 2.05) is 4.68 Å². The molecule has 1 fully saturated rings. The predicted octanol–water partition coefficient (Wildman–Crippen LogP) is 2.42. The third-order valence-electron chi connectivity index (χ3n) is 4.77. The van der Waals surface area contributed by atoms with Crippen molar-refractivity contribution in [1.29, 1.82) is 0 Å². The maximum Gasteiger partial charge on any atom is 0.0644 e. The number of likely N-dealkylation sites (tertiary alicyclic amines) is 1. The quantitative estimate of drug-likeness (QED) is 0.918. The Morgan fingerprint density at radius 3 is 2.60 bits per heavy atom. The van der Waals surface area contributed by atoms with Crippen LogP contribution in [0.4, 0.5) is 0 Å². The number of nitrogens with zero attached hydrogens (tertiary/aromatic N) is 3. The molecule has 2 atom stereocenters. The fraction of sp³-hybridized carbons (Fsp3) is 0.812. The van der Waals surface area contributed by atoms with Gasteiger partial charge >= 0.3 is 0 Å². The fourth-order valence-corrected chi connectivity index (χ4v) is 3.64. The summed E-state index contributed by atoms with van der Waals surface area (Å²) in [6.07, 6.45) is 3.97. The van der Waals surface area contributed by atoms with Gasteiger partial charge in [-0.3, -0.25) is 9.58 Å². The maximum atomic E-state index is 4.64. The summed E-state index contributed by atoms with van der Waals surface area (Å²) in [5.74, 6) is 0.684. The molecule has 1 saturated heterocycles. The summed E-state index contributed by atoms with van der Waals surface area (Å²) in [4.78, 5) is 2.55. The Hall–Kier alpha value is -0.870. The minimum absolute atomic E-state index is 0.505. The third kappa shape index (κ3) is 3.07. The SMILES string of the molecule is CCNCC1CCCCN(C)C1c1c(C)nn(C)c1C. The minimum Gasteiger partial charge on any atom is -0.317 e. The molecule has 0 saturated carbocycles. The summed E-state index contributed by atoms with van der Waals surface area (Å²) in [6, 6.07) is 0.505. The molecule has 1 aliphatic heterocycles. The summed E-state index contributed by atoms with van der Waals surface area (Å²) in [5.41, 5.74) is 3.98. The van der Waals surface area contributed by atoms with Gasteiger partial charge < -0.3 is 5.32 Å². The molecule has 1 aromatic heterocycles. The van der Waals surface area contributed by atoms with Crippen molar-refractivity contribution in [2.45, 2.75) is 46.1 Å². The number of hydrogen-bond acceptors (Lipinski definition) is 3. The number of aromatic nitrogens is 2. The lowest BCUT2D eigenvalue weighted by Crippen LogP contribution is -2.35. The highest BCUT2D eigenvalue weighted by Crippen LogP contribution is 2.36. The lowest BCUT2D eigenvalue weighted by molar-refractivity contribution is 0.188. The second-order valence-corrected chi connectivity index (χ2v) is 6.20. The first-order chi connectivity index (χ1) is 9.56. The summed E-state index contributed by atoms with van der Waals surface area (Å²) >= 11 is 0. The van der Waals surface area contributed by atoms with Crippen LogP contribution in [0.3, 0.4) is 0 Å². The molecular formula is C16H30N4. The number of hydrogen-bond donors (Lipinski definition) is 1. The first kappa shape index (κ1) is 15.5. The predicted molar refractivity (Wildman–Crippen MR) is 83.9 cm³/mol. The Balaban J connectivity index is 2.34. The number of rotatable bonds is 4. The highest BCUT2D eigenvalue weighted by Gasteiger charge is 2.32. The van der Waals surface area contributed by atoms with E-state index in [1.54, 1.807) is 0 Å². The molecule has 0 spiro atoms. The van der Waals surface area contributed by atoms with Crippen molar-refractivity contribution in [1.82, 2.24) is 20.0 Å². The second-order valence-electron chi connectivity index (χ2n) is 6.20. The van der Waals surface area contributed by atoms with E-state index in [2.05, 4.69) is 50.2 Å². The molecule has 0 bridgehead atoms. The first-order valence-electron chi connectivity index (χ1n) is 7.97. The van der Waals surface area contributed by atoms with E-state index in [9.17, 15) is 0 Å².